The average Bonchev–Trinajstić information content (AvgIpc) is 2.75. The van der Waals surface area contributed by atoms with Gasteiger partial charge >= 0.3 is 0 Å². The molecule has 0 radical (unpaired) electrons. The standard InChI is InChI=1S/C22H20BrN3O4S/c1-2-30-19-9-13(3-8-18(19)27)16-10-20(28)26-22(17(16)11-24)31-12-21(29)25-15-6-4-14(23)5-7-15/h3-9,16,27H,2,10,12H2,1H3,(H,25,29)(H,26,28)/t16-/m1/s1. The van der Waals surface area contributed by atoms with E-state index < -0.39 is 5.92 Å². The monoisotopic (exact) mass is 501 g/mol. The number of phenols is 1. The Morgan fingerprint density at radius 1 is 1.35 bits per heavy atom. The lowest BCUT2D eigenvalue weighted by molar-refractivity contribution is -0.121. The van der Waals surface area contributed by atoms with E-state index in [4.69, 9.17) is 4.74 Å². The minimum Gasteiger partial charge on any atom is -0.504 e. The number of rotatable bonds is 7. The van der Waals surface area contributed by atoms with Crippen molar-refractivity contribution in [1.29, 1.82) is 5.26 Å². The van der Waals surface area contributed by atoms with Gasteiger partial charge in [-0.15, -0.1) is 0 Å². The van der Waals surface area contributed by atoms with Crippen LogP contribution in [0.5, 0.6) is 11.5 Å². The topological polar surface area (TPSA) is 111 Å². The van der Waals surface area contributed by atoms with Gasteiger partial charge in [0.05, 0.1) is 29.0 Å². The van der Waals surface area contributed by atoms with Crippen LogP contribution in [-0.2, 0) is 9.59 Å². The fraction of sp³-hybridized carbons (Fsp3) is 0.227. The van der Waals surface area contributed by atoms with Crippen LogP contribution in [-0.4, -0.2) is 29.3 Å². The number of phenolic OH excluding ortho intramolecular Hbond substituents is 1. The van der Waals surface area contributed by atoms with E-state index in [1.165, 1.54) is 6.07 Å². The maximum absolute atomic E-state index is 12.3. The van der Waals surface area contributed by atoms with Crippen molar-refractivity contribution >= 4 is 45.2 Å². The molecule has 0 fully saturated rings. The summed E-state index contributed by atoms with van der Waals surface area (Å²) in [6, 6.07) is 14.1. The molecule has 2 aromatic rings. The van der Waals surface area contributed by atoms with E-state index in [-0.39, 0.29) is 29.7 Å². The number of allylic oxidation sites excluding steroid dienone is 1. The van der Waals surface area contributed by atoms with Crippen LogP contribution in [0.3, 0.4) is 0 Å². The number of benzene rings is 2. The lowest BCUT2D eigenvalue weighted by Gasteiger charge is -2.25. The zero-order valence-electron chi connectivity index (χ0n) is 16.6. The molecule has 9 heteroatoms. The van der Waals surface area contributed by atoms with E-state index in [1.54, 1.807) is 31.2 Å². The third-order valence-corrected chi connectivity index (χ3v) is 6.06. The van der Waals surface area contributed by atoms with Crippen LogP contribution < -0.4 is 15.4 Å². The molecule has 3 rings (SSSR count). The summed E-state index contributed by atoms with van der Waals surface area (Å²) in [5, 5.41) is 25.6. The molecule has 0 unspecified atom stereocenters. The normalized spacial score (nSPS) is 15.8. The first kappa shape index (κ1) is 22.7. The number of nitriles is 1. The van der Waals surface area contributed by atoms with E-state index in [1.807, 2.05) is 12.1 Å². The number of carbonyl (C=O) groups excluding carboxylic acids is 2. The maximum Gasteiger partial charge on any atom is 0.234 e. The highest BCUT2D eigenvalue weighted by Crippen LogP contribution is 2.39. The summed E-state index contributed by atoms with van der Waals surface area (Å²) in [6.07, 6.45) is 0.0916. The molecule has 7 nitrogen and oxygen atoms in total. The Kier molecular flexibility index (Phi) is 7.60. The quantitative estimate of drug-likeness (QED) is 0.522. The zero-order valence-corrected chi connectivity index (χ0v) is 19.0. The van der Waals surface area contributed by atoms with Gasteiger partial charge in [-0.1, -0.05) is 33.8 Å². The molecule has 31 heavy (non-hydrogen) atoms. The molecule has 1 atom stereocenters. The van der Waals surface area contributed by atoms with Crippen molar-refractivity contribution in [2.24, 2.45) is 0 Å². The van der Waals surface area contributed by atoms with Gasteiger partial charge in [-0.2, -0.15) is 5.26 Å². The van der Waals surface area contributed by atoms with Gasteiger partial charge in [0, 0.05) is 22.5 Å². The van der Waals surface area contributed by atoms with E-state index in [2.05, 4.69) is 32.6 Å². The van der Waals surface area contributed by atoms with E-state index >= 15 is 0 Å². The van der Waals surface area contributed by atoms with Crippen LogP contribution in [0.1, 0.15) is 24.8 Å². The van der Waals surface area contributed by atoms with Crippen molar-refractivity contribution < 1.29 is 19.4 Å². The second-order valence-electron chi connectivity index (χ2n) is 6.66. The van der Waals surface area contributed by atoms with Gasteiger partial charge in [0.15, 0.2) is 11.5 Å². The van der Waals surface area contributed by atoms with Crippen molar-refractivity contribution in [3.05, 3.63) is 63.1 Å². The second-order valence-corrected chi connectivity index (χ2v) is 8.56. The molecule has 0 spiro atoms. The van der Waals surface area contributed by atoms with Crippen LogP contribution >= 0.6 is 27.7 Å². The summed E-state index contributed by atoms with van der Waals surface area (Å²) in [5.41, 5.74) is 1.71. The van der Waals surface area contributed by atoms with Crippen LogP contribution in [0.25, 0.3) is 0 Å². The van der Waals surface area contributed by atoms with Crippen LogP contribution in [0, 0.1) is 11.3 Å². The Morgan fingerprint density at radius 3 is 2.77 bits per heavy atom. The number of amides is 2. The number of hydrogen-bond acceptors (Lipinski definition) is 6. The zero-order chi connectivity index (χ0) is 22.4. The number of ether oxygens (including phenoxy) is 1. The number of halogens is 1. The molecule has 1 heterocycles. The van der Waals surface area contributed by atoms with Crippen LogP contribution in [0.4, 0.5) is 5.69 Å². The fourth-order valence-corrected chi connectivity index (χ4v) is 4.25. The Hall–Kier alpha value is -2.96. The molecule has 0 aliphatic carbocycles. The van der Waals surface area contributed by atoms with E-state index in [0.717, 1.165) is 16.2 Å². The van der Waals surface area contributed by atoms with Gasteiger partial charge in [-0.05, 0) is 48.9 Å². The minimum atomic E-state index is -0.490. The first-order valence-electron chi connectivity index (χ1n) is 9.49. The first-order valence-corrected chi connectivity index (χ1v) is 11.3. The fourth-order valence-electron chi connectivity index (χ4n) is 3.10. The van der Waals surface area contributed by atoms with Gasteiger partial charge in [0.1, 0.15) is 0 Å². The largest absolute Gasteiger partial charge is 0.504 e. The van der Waals surface area contributed by atoms with Crippen molar-refractivity contribution in [2.75, 3.05) is 17.7 Å². The molecule has 3 N–H and O–H groups in total. The van der Waals surface area contributed by atoms with Crippen molar-refractivity contribution in [3.63, 3.8) is 0 Å². The van der Waals surface area contributed by atoms with Gasteiger partial charge in [0.25, 0.3) is 0 Å². The van der Waals surface area contributed by atoms with Crippen molar-refractivity contribution in [2.45, 2.75) is 19.3 Å². The Morgan fingerprint density at radius 2 is 2.10 bits per heavy atom. The predicted molar refractivity (Wildman–Crippen MR) is 123 cm³/mol. The molecule has 0 saturated heterocycles. The van der Waals surface area contributed by atoms with Crippen molar-refractivity contribution in [3.8, 4) is 17.6 Å². The summed E-state index contributed by atoms with van der Waals surface area (Å²) in [6.45, 7) is 2.17. The maximum atomic E-state index is 12.3. The highest BCUT2D eigenvalue weighted by atomic mass is 79.9. The number of thioether (sulfide) groups is 1. The van der Waals surface area contributed by atoms with Gasteiger partial charge in [0.2, 0.25) is 11.8 Å². The SMILES string of the molecule is CCOc1cc([C@H]2CC(=O)NC(SCC(=O)Nc3ccc(Br)cc3)=C2C#N)ccc1O. The molecule has 2 amide bonds. The lowest BCUT2D eigenvalue weighted by Crippen LogP contribution is -2.31. The molecule has 160 valence electrons. The molecule has 0 saturated carbocycles. The summed E-state index contributed by atoms with van der Waals surface area (Å²) < 4.78 is 6.33. The summed E-state index contributed by atoms with van der Waals surface area (Å²) >= 11 is 4.44. The van der Waals surface area contributed by atoms with Crippen LogP contribution in [0.15, 0.2) is 57.5 Å². The van der Waals surface area contributed by atoms with Gasteiger partial charge < -0.3 is 20.5 Å². The highest BCUT2D eigenvalue weighted by molar-refractivity contribution is 9.10. The highest BCUT2D eigenvalue weighted by Gasteiger charge is 2.30. The lowest BCUT2D eigenvalue weighted by atomic mass is 9.87. The average molecular weight is 502 g/mol. The molecule has 0 bridgehead atoms. The third kappa shape index (κ3) is 5.81. The Labute approximate surface area is 192 Å². The summed E-state index contributed by atoms with van der Waals surface area (Å²) in [4.78, 5) is 24.6. The molecule has 1 aliphatic heterocycles. The number of anilines is 1. The molecule has 0 aromatic heterocycles. The minimum absolute atomic E-state index is 0.00689. The summed E-state index contributed by atoms with van der Waals surface area (Å²) in [7, 11) is 0. The number of aromatic hydroxyl groups is 1. The van der Waals surface area contributed by atoms with Crippen molar-refractivity contribution in [1.82, 2.24) is 5.32 Å². The second kappa shape index (κ2) is 10.4. The predicted octanol–water partition coefficient (Wildman–Crippen LogP) is 4.26. The smallest absolute Gasteiger partial charge is 0.234 e. The molecular weight excluding hydrogens is 482 g/mol. The molecular formula is C22H20BrN3O4S. The van der Waals surface area contributed by atoms with E-state index in [0.29, 0.717) is 34.2 Å². The van der Waals surface area contributed by atoms with Gasteiger partial charge in [-0.3, -0.25) is 9.59 Å². The third-order valence-electron chi connectivity index (χ3n) is 4.52. The number of hydrogen-bond donors (Lipinski definition) is 3. The molecule has 1 aliphatic rings. The van der Waals surface area contributed by atoms with E-state index in [9.17, 15) is 20.0 Å². The first-order chi connectivity index (χ1) is 14.9. The van der Waals surface area contributed by atoms with Crippen LogP contribution in [0.2, 0.25) is 0 Å². The number of nitrogens with zero attached hydrogens (tertiary/aromatic N) is 1. The Balaban J connectivity index is 1.78. The molecule has 2 aromatic carbocycles. The number of carbonyl (C=O) groups is 2. The number of nitrogens with one attached hydrogen (secondary N) is 2. The van der Waals surface area contributed by atoms with Gasteiger partial charge in [-0.25, -0.2) is 0 Å². The summed E-state index contributed by atoms with van der Waals surface area (Å²) in [5.74, 6) is -0.666. The Bertz CT molecular complexity index is 1060.